The number of aromatic nitrogens is 1. The molecule has 0 aliphatic heterocycles. The van der Waals surface area contributed by atoms with Crippen LogP contribution in [0.25, 0.3) is 11.1 Å². The molecule has 0 radical (unpaired) electrons. The second-order valence-corrected chi connectivity index (χ2v) is 14.5. The molecule has 0 spiro atoms. The van der Waals surface area contributed by atoms with E-state index in [1.165, 1.54) is 0 Å². The van der Waals surface area contributed by atoms with Crippen LogP contribution in [-0.2, 0) is 21.5 Å². The largest absolute Gasteiger partial charge is 0.459 e. The van der Waals surface area contributed by atoms with Crippen molar-refractivity contribution in [3.63, 3.8) is 0 Å². The van der Waals surface area contributed by atoms with Gasteiger partial charge >= 0.3 is 5.97 Å². The number of benzene rings is 2. The first kappa shape index (κ1) is 34.5. The molecule has 1 heterocycles. The molecule has 1 aromatic heterocycles. The number of anilines is 1. The third kappa shape index (κ3) is 10.6. The van der Waals surface area contributed by atoms with Crippen LogP contribution in [0.1, 0.15) is 99.9 Å². The molecule has 0 unspecified atom stereocenters. The van der Waals surface area contributed by atoms with E-state index in [1.54, 1.807) is 18.3 Å². The number of carbonyl (C=O) groups excluding carboxylic acids is 3. The number of esters is 1. The molecule has 2 amide bonds. The average molecular weight is 601 g/mol. The molecule has 2 aromatic carbocycles. The summed E-state index contributed by atoms with van der Waals surface area (Å²) in [6.07, 6.45) is 1.64. The number of carbonyl (C=O) groups is 3. The lowest BCUT2D eigenvalue weighted by molar-refractivity contribution is -0.153. The molecule has 8 nitrogen and oxygen atoms in total. The lowest BCUT2D eigenvalue weighted by atomic mass is 9.85. The molecule has 0 saturated heterocycles. The number of rotatable bonds is 9. The number of hydrogen-bond acceptors (Lipinski definition) is 6. The van der Waals surface area contributed by atoms with E-state index in [2.05, 4.69) is 68.5 Å². The van der Waals surface area contributed by atoms with Gasteiger partial charge in [0.2, 0.25) is 0 Å². The minimum atomic E-state index is -0.549. The summed E-state index contributed by atoms with van der Waals surface area (Å²) in [4.78, 5) is 42.7. The van der Waals surface area contributed by atoms with E-state index in [9.17, 15) is 14.4 Å². The zero-order valence-corrected chi connectivity index (χ0v) is 27.9. The number of hydrogen-bond donors (Lipinski definition) is 3. The van der Waals surface area contributed by atoms with Gasteiger partial charge in [0.1, 0.15) is 5.60 Å². The Morgan fingerprint density at radius 1 is 0.818 bits per heavy atom. The van der Waals surface area contributed by atoms with E-state index < -0.39 is 5.60 Å². The molecule has 8 heteroatoms. The van der Waals surface area contributed by atoms with Crippen molar-refractivity contribution in [2.45, 2.75) is 86.8 Å². The summed E-state index contributed by atoms with van der Waals surface area (Å²) in [6, 6.07) is 15.1. The summed E-state index contributed by atoms with van der Waals surface area (Å²) in [6.45, 7) is 21.0. The minimum absolute atomic E-state index is 0.00243. The SMILES string of the molecule is Cc1ncc(NC(=O)c2cc(CNCC(=O)OC(C)(C)C)cc(C(C)(C)C)c2)cc1-c1ccc(C(=O)NCC(C)(C)C)cc1. The lowest BCUT2D eigenvalue weighted by Gasteiger charge is -2.22. The van der Waals surface area contributed by atoms with Crippen LogP contribution < -0.4 is 16.0 Å². The van der Waals surface area contributed by atoms with Crippen LogP contribution in [-0.4, -0.2) is 41.5 Å². The predicted octanol–water partition coefficient (Wildman–Crippen LogP) is 6.81. The summed E-state index contributed by atoms with van der Waals surface area (Å²) in [5.41, 5.74) is 5.38. The highest BCUT2D eigenvalue weighted by molar-refractivity contribution is 6.04. The zero-order valence-electron chi connectivity index (χ0n) is 27.9. The molecule has 0 bridgehead atoms. The summed E-state index contributed by atoms with van der Waals surface area (Å²) >= 11 is 0. The minimum Gasteiger partial charge on any atom is -0.459 e. The number of nitrogens with zero attached hydrogens (tertiary/aromatic N) is 1. The van der Waals surface area contributed by atoms with Gasteiger partial charge in [0.25, 0.3) is 11.8 Å². The van der Waals surface area contributed by atoms with Gasteiger partial charge < -0.3 is 20.7 Å². The Hall–Kier alpha value is -4.04. The van der Waals surface area contributed by atoms with Crippen molar-refractivity contribution in [1.82, 2.24) is 15.6 Å². The fourth-order valence-electron chi connectivity index (χ4n) is 4.39. The smallest absolute Gasteiger partial charge is 0.320 e. The van der Waals surface area contributed by atoms with E-state index in [4.69, 9.17) is 4.74 Å². The number of ether oxygens (including phenoxy) is 1. The second-order valence-electron chi connectivity index (χ2n) is 14.5. The molecular weight excluding hydrogens is 552 g/mol. The van der Waals surface area contributed by atoms with Gasteiger partial charge in [0.05, 0.1) is 18.4 Å². The van der Waals surface area contributed by atoms with Gasteiger partial charge in [0.15, 0.2) is 0 Å². The van der Waals surface area contributed by atoms with Crippen molar-refractivity contribution in [2.24, 2.45) is 5.41 Å². The molecule has 3 rings (SSSR count). The first-order valence-electron chi connectivity index (χ1n) is 15.0. The quantitative estimate of drug-likeness (QED) is 0.233. The highest BCUT2D eigenvalue weighted by Crippen LogP contribution is 2.28. The van der Waals surface area contributed by atoms with Crippen molar-refractivity contribution < 1.29 is 19.1 Å². The van der Waals surface area contributed by atoms with E-state index in [0.29, 0.717) is 29.9 Å². The third-order valence-electron chi connectivity index (χ3n) is 6.72. The predicted molar refractivity (Wildman–Crippen MR) is 177 cm³/mol. The lowest BCUT2D eigenvalue weighted by Crippen LogP contribution is -2.32. The highest BCUT2D eigenvalue weighted by Gasteiger charge is 2.20. The van der Waals surface area contributed by atoms with Gasteiger partial charge in [-0.25, -0.2) is 0 Å². The standard InChI is InChI=1S/C36H48N4O4/c1-23-30(25-11-13-26(14-12-25)32(42)39-22-34(2,3)4)18-29(20-38-23)40-33(43)27-15-24(16-28(17-27)35(5,6)7)19-37-21-31(41)44-36(8,9)10/h11-18,20,37H,19,21-22H2,1-10H3,(H,39,42)(H,40,43). The molecule has 0 fully saturated rings. The maximum atomic E-state index is 13.5. The fourth-order valence-corrected chi connectivity index (χ4v) is 4.39. The molecule has 0 aliphatic carbocycles. The first-order chi connectivity index (χ1) is 20.3. The molecule has 236 valence electrons. The van der Waals surface area contributed by atoms with E-state index >= 15 is 0 Å². The van der Waals surface area contributed by atoms with Crippen LogP contribution >= 0.6 is 0 Å². The second kappa shape index (κ2) is 13.7. The van der Waals surface area contributed by atoms with E-state index in [1.807, 2.05) is 58.0 Å². The highest BCUT2D eigenvalue weighted by atomic mass is 16.6. The van der Waals surface area contributed by atoms with Crippen molar-refractivity contribution in [3.8, 4) is 11.1 Å². The monoisotopic (exact) mass is 600 g/mol. The first-order valence-corrected chi connectivity index (χ1v) is 15.0. The summed E-state index contributed by atoms with van der Waals surface area (Å²) in [5, 5.41) is 9.11. The van der Waals surface area contributed by atoms with E-state index in [-0.39, 0.29) is 35.2 Å². The average Bonchev–Trinajstić information content (AvgIpc) is 2.91. The zero-order chi connectivity index (χ0) is 32.9. The maximum Gasteiger partial charge on any atom is 0.320 e. The fraction of sp³-hybridized carbons (Fsp3) is 0.444. The Kier molecular flexibility index (Phi) is 10.7. The normalized spacial score (nSPS) is 12.0. The molecule has 0 aliphatic rings. The van der Waals surface area contributed by atoms with Gasteiger partial charge in [-0.3, -0.25) is 19.4 Å². The number of amides is 2. The van der Waals surface area contributed by atoms with Crippen molar-refractivity contribution >= 4 is 23.5 Å². The van der Waals surface area contributed by atoms with Gasteiger partial charge in [-0.15, -0.1) is 0 Å². The van der Waals surface area contributed by atoms with Crippen LogP contribution in [0.15, 0.2) is 54.7 Å². The molecular formula is C36H48N4O4. The molecule has 3 N–H and O–H groups in total. The molecule has 3 aromatic rings. The Labute approximate surface area is 262 Å². The van der Waals surface area contributed by atoms with Gasteiger partial charge in [-0.2, -0.15) is 0 Å². The van der Waals surface area contributed by atoms with Crippen molar-refractivity contribution in [2.75, 3.05) is 18.4 Å². The van der Waals surface area contributed by atoms with Crippen LogP contribution in [0, 0.1) is 12.3 Å². The summed E-state index contributed by atoms with van der Waals surface area (Å²) in [5.74, 6) is -0.699. The van der Waals surface area contributed by atoms with Gasteiger partial charge in [0, 0.05) is 35.5 Å². The topological polar surface area (TPSA) is 109 Å². The van der Waals surface area contributed by atoms with Gasteiger partial charge in [-0.05, 0) is 85.5 Å². The van der Waals surface area contributed by atoms with Crippen LogP contribution in [0.3, 0.4) is 0 Å². The van der Waals surface area contributed by atoms with Crippen LogP contribution in [0.4, 0.5) is 5.69 Å². The van der Waals surface area contributed by atoms with Crippen molar-refractivity contribution in [3.05, 3.63) is 82.7 Å². The Morgan fingerprint density at radius 3 is 2.07 bits per heavy atom. The summed E-state index contributed by atoms with van der Waals surface area (Å²) < 4.78 is 5.38. The third-order valence-corrected chi connectivity index (χ3v) is 6.72. The van der Waals surface area contributed by atoms with E-state index in [0.717, 1.165) is 27.9 Å². The Balaban J connectivity index is 1.77. The molecule has 0 saturated carbocycles. The Bertz CT molecular complexity index is 1490. The number of aryl methyl sites for hydroxylation is 1. The van der Waals surface area contributed by atoms with Crippen molar-refractivity contribution in [1.29, 1.82) is 0 Å². The summed E-state index contributed by atoms with van der Waals surface area (Å²) in [7, 11) is 0. The molecule has 0 atom stereocenters. The Morgan fingerprint density at radius 2 is 1.48 bits per heavy atom. The molecule has 44 heavy (non-hydrogen) atoms. The van der Waals surface area contributed by atoms with Crippen LogP contribution in [0.2, 0.25) is 0 Å². The maximum absolute atomic E-state index is 13.5. The van der Waals surface area contributed by atoms with Gasteiger partial charge in [-0.1, -0.05) is 59.7 Å². The number of pyridine rings is 1. The number of nitrogens with one attached hydrogen (secondary N) is 3. The van der Waals surface area contributed by atoms with Crippen LogP contribution in [0.5, 0.6) is 0 Å².